The van der Waals surface area contributed by atoms with Gasteiger partial charge in [0.1, 0.15) is 5.82 Å². The quantitative estimate of drug-likeness (QED) is 0.806. The summed E-state index contributed by atoms with van der Waals surface area (Å²) in [4.78, 5) is 19.8. The maximum absolute atomic E-state index is 11.9. The second-order valence-corrected chi connectivity index (χ2v) is 3.70. The van der Waals surface area contributed by atoms with E-state index in [2.05, 4.69) is 25.5 Å². The Bertz CT molecular complexity index is 598. The highest BCUT2D eigenvalue weighted by molar-refractivity contribution is 6.06. The number of pyridine rings is 1. The molecule has 2 heterocycles. The average molecular weight is 244 g/mol. The predicted molar refractivity (Wildman–Crippen MR) is 65.9 cm³/mol. The van der Waals surface area contributed by atoms with Gasteiger partial charge in [-0.1, -0.05) is 0 Å². The van der Waals surface area contributed by atoms with Crippen LogP contribution in [0, 0.1) is 13.8 Å². The van der Waals surface area contributed by atoms with Crippen molar-refractivity contribution in [3.63, 3.8) is 0 Å². The lowest BCUT2D eigenvalue weighted by molar-refractivity contribution is 0.102. The van der Waals surface area contributed by atoms with Gasteiger partial charge in [0.25, 0.3) is 5.91 Å². The van der Waals surface area contributed by atoms with Crippen molar-refractivity contribution in [2.24, 2.45) is 0 Å². The topological polar surface area (TPSA) is 107 Å². The van der Waals surface area contributed by atoms with E-state index in [-0.39, 0.29) is 17.3 Å². The van der Waals surface area contributed by atoms with E-state index in [0.717, 1.165) is 0 Å². The predicted octanol–water partition coefficient (Wildman–Crippen LogP) is 0.718. The van der Waals surface area contributed by atoms with Gasteiger partial charge < -0.3 is 5.73 Å². The molecule has 2 rings (SSSR count). The number of rotatable bonds is 2. The van der Waals surface area contributed by atoms with Crippen molar-refractivity contribution in [2.45, 2.75) is 13.8 Å². The first kappa shape index (κ1) is 11.9. The molecular formula is C11H12N6O. The fraction of sp³-hybridized carbons (Fsp3) is 0.182. The van der Waals surface area contributed by atoms with Crippen LogP contribution in [0.5, 0.6) is 0 Å². The van der Waals surface area contributed by atoms with Crippen LogP contribution in [0.25, 0.3) is 0 Å². The van der Waals surface area contributed by atoms with Crippen LogP contribution in [0.15, 0.2) is 18.3 Å². The number of hydrogen-bond donors (Lipinski definition) is 2. The Labute approximate surface area is 103 Å². The largest absolute Gasteiger partial charge is 0.383 e. The highest BCUT2D eigenvalue weighted by Crippen LogP contribution is 2.09. The number of carbonyl (C=O) groups excluding carboxylic acids is 1. The molecule has 2 aromatic rings. The van der Waals surface area contributed by atoms with E-state index in [1.54, 1.807) is 26.0 Å². The first-order chi connectivity index (χ1) is 8.58. The second-order valence-electron chi connectivity index (χ2n) is 3.70. The van der Waals surface area contributed by atoms with Crippen molar-refractivity contribution >= 4 is 17.7 Å². The molecule has 7 heteroatoms. The zero-order valence-corrected chi connectivity index (χ0v) is 10.0. The van der Waals surface area contributed by atoms with E-state index in [4.69, 9.17) is 5.73 Å². The normalized spacial score (nSPS) is 10.1. The standard InChI is InChI=1S/C11H12N6O/c1-6-7(2)16-17-11(14-6)15-10(18)8-4-3-5-13-9(8)12/h3-5H,1-2H3,(H2,12,13)(H,14,15,17,18). The van der Waals surface area contributed by atoms with Crippen LogP contribution >= 0.6 is 0 Å². The summed E-state index contributed by atoms with van der Waals surface area (Å²) in [6, 6.07) is 3.21. The van der Waals surface area contributed by atoms with Gasteiger partial charge in [-0.15, -0.1) is 5.10 Å². The van der Waals surface area contributed by atoms with Crippen molar-refractivity contribution < 1.29 is 4.79 Å². The molecule has 1 amide bonds. The Kier molecular flexibility index (Phi) is 3.13. The fourth-order valence-electron chi connectivity index (χ4n) is 1.29. The van der Waals surface area contributed by atoms with E-state index in [1.807, 2.05) is 0 Å². The van der Waals surface area contributed by atoms with Crippen molar-refractivity contribution in [1.82, 2.24) is 20.2 Å². The van der Waals surface area contributed by atoms with Crippen LogP contribution in [-0.2, 0) is 0 Å². The number of carbonyl (C=O) groups is 1. The molecule has 3 N–H and O–H groups in total. The van der Waals surface area contributed by atoms with Crippen molar-refractivity contribution in [3.8, 4) is 0 Å². The molecule has 7 nitrogen and oxygen atoms in total. The molecule has 0 aliphatic heterocycles. The summed E-state index contributed by atoms with van der Waals surface area (Å²) in [6.45, 7) is 3.58. The molecule has 0 fully saturated rings. The number of aryl methyl sites for hydroxylation is 2. The van der Waals surface area contributed by atoms with Crippen LogP contribution in [-0.4, -0.2) is 26.1 Å². The lowest BCUT2D eigenvalue weighted by Crippen LogP contribution is -2.17. The Morgan fingerprint density at radius 2 is 2.06 bits per heavy atom. The summed E-state index contributed by atoms with van der Waals surface area (Å²) < 4.78 is 0. The Morgan fingerprint density at radius 3 is 2.72 bits per heavy atom. The minimum atomic E-state index is -0.411. The maximum atomic E-state index is 11.9. The summed E-state index contributed by atoms with van der Waals surface area (Å²) in [5.74, 6) is -0.108. The molecular weight excluding hydrogens is 232 g/mol. The average Bonchev–Trinajstić information content (AvgIpc) is 2.34. The highest BCUT2D eigenvalue weighted by Gasteiger charge is 2.12. The molecule has 92 valence electrons. The third-order valence-corrected chi connectivity index (χ3v) is 2.40. The van der Waals surface area contributed by atoms with Crippen LogP contribution in [0.1, 0.15) is 21.7 Å². The van der Waals surface area contributed by atoms with Gasteiger partial charge in [0, 0.05) is 6.20 Å². The number of amides is 1. The van der Waals surface area contributed by atoms with Gasteiger partial charge in [-0.25, -0.2) is 9.97 Å². The van der Waals surface area contributed by atoms with Gasteiger partial charge in [0.05, 0.1) is 17.0 Å². The number of nitrogen functional groups attached to an aromatic ring is 1. The van der Waals surface area contributed by atoms with Crippen LogP contribution < -0.4 is 11.1 Å². The molecule has 0 saturated heterocycles. The second kappa shape index (κ2) is 4.74. The number of hydrogen-bond acceptors (Lipinski definition) is 6. The molecule has 0 radical (unpaired) electrons. The van der Waals surface area contributed by atoms with E-state index < -0.39 is 5.91 Å². The summed E-state index contributed by atoms with van der Waals surface area (Å²) in [5.41, 5.74) is 7.30. The lowest BCUT2D eigenvalue weighted by Gasteiger charge is -2.05. The van der Waals surface area contributed by atoms with E-state index in [0.29, 0.717) is 11.4 Å². The van der Waals surface area contributed by atoms with E-state index >= 15 is 0 Å². The SMILES string of the molecule is Cc1nnc(NC(=O)c2cccnc2N)nc1C. The van der Waals surface area contributed by atoms with Gasteiger partial charge >= 0.3 is 0 Å². The third kappa shape index (κ3) is 2.40. The molecule has 0 bridgehead atoms. The van der Waals surface area contributed by atoms with E-state index in [9.17, 15) is 4.79 Å². The Morgan fingerprint density at radius 1 is 1.28 bits per heavy atom. The Balaban J connectivity index is 2.22. The molecule has 0 unspecified atom stereocenters. The molecule has 0 aliphatic rings. The van der Waals surface area contributed by atoms with E-state index in [1.165, 1.54) is 6.20 Å². The van der Waals surface area contributed by atoms with Crippen molar-refractivity contribution in [3.05, 3.63) is 35.3 Å². The first-order valence-corrected chi connectivity index (χ1v) is 5.27. The van der Waals surface area contributed by atoms with Gasteiger partial charge in [-0.2, -0.15) is 5.10 Å². The van der Waals surface area contributed by atoms with Crippen LogP contribution in [0.2, 0.25) is 0 Å². The van der Waals surface area contributed by atoms with Crippen molar-refractivity contribution in [1.29, 1.82) is 0 Å². The van der Waals surface area contributed by atoms with Crippen LogP contribution in [0.3, 0.4) is 0 Å². The minimum absolute atomic E-state index is 0.145. The van der Waals surface area contributed by atoms with Crippen LogP contribution in [0.4, 0.5) is 11.8 Å². The third-order valence-electron chi connectivity index (χ3n) is 2.40. The van der Waals surface area contributed by atoms with Gasteiger partial charge in [0.2, 0.25) is 5.95 Å². The molecule has 0 saturated carbocycles. The van der Waals surface area contributed by atoms with Crippen molar-refractivity contribution in [2.75, 3.05) is 11.1 Å². The summed E-state index contributed by atoms with van der Waals surface area (Å²) in [5, 5.41) is 10.2. The molecule has 0 spiro atoms. The number of aromatic nitrogens is 4. The highest BCUT2D eigenvalue weighted by atomic mass is 16.1. The monoisotopic (exact) mass is 244 g/mol. The Hall–Kier alpha value is -2.57. The molecule has 0 atom stereocenters. The molecule has 0 aromatic carbocycles. The number of anilines is 2. The summed E-state index contributed by atoms with van der Waals surface area (Å²) >= 11 is 0. The first-order valence-electron chi connectivity index (χ1n) is 5.27. The minimum Gasteiger partial charge on any atom is -0.383 e. The number of nitrogens with two attached hydrogens (primary N) is 1. The van der Waals surface area contributed by atoms with Gasteiger partial charge in [-0.05, 0) is 26.0 Å². The lowest BCUT2D eigenvalue weighted by atomic mass is 10.2. The van der Waals surface area contributed by atoms with Gasteiger partial charge in [0.15, 0.2) is 0 Å². The summed E-state index contributed by atoms with van der Waals surface area (Å²) in [6.07, 6.45) is 1.51. The summed E-state index contributed by atoms with van der Waals surface area (Å²) in [7, 11) is 0. The number of nitrogens with one attached hydrogen (secondary N) is 1. The zero-order valence-electron chi connectivity index (χ0n) is 10.0. The zero-order chi connectivity index (χ0) is 13.1. The molecule has 0 aliphatic carbocycles. The fourth-order valence-corrected chi connectivity index (χ4v) is 1.29. The smallest absolute Gasteiger partial charge is 0.261 e. The molecule has 18 heavy (non-hydrogen) atoms. The maximum Gasteiger partial charge on any atom is 0.261 e. The number of nitrogens with zero attached hydrogens (tertiary/aromatic N) is 4. The van der Waals surface area contributed by atoms with Gasteiger partial charge in [-0.3, -0.25) is 10.1 Å². The molecule has 2 aromatic heterocycles.